The third-order valence-corrected chi connectivity index (χ3v) is 5.22. The van der Waals surface area contributed by atoms with Crippen LogP contribution in [0.5, 0.6) is 0 Å². The molecule has 0 aliphatic carbocycles. The Morgan fingerprint density at radius 2 is 1.89 bits per heavy atom. The first kappa shape index (κ1) is 17.8. The number of hydrogen-bond acceptors (Lipinski definition) is 5. The molecule has 27 heavy (non-hydrogen) atoms. The van der Waals surface area contributed by atoms with Crippen LogP contribution in [-0.2, 0) is 4.79 Å². The summed E-state index contributed by atoms with van der Waals surface area (Å²) < 4.78 is 0. The van der Waals surface area contributed by atoms with E-state index in [1.165, 1.54) is 18.0 Å². The summed E-state index contributed by atoms with van der Waals surface area (Å²) in [6.07, 6.45) is 2.94. The van der Waals surface area contributed by atoms with E-state index in [4.69, 9.17) is 23.2 Å². The van der Waals surface area contributed by atoms with Crippen LogP contribution < -0.4 is 10.9 Å². The molecule has 1 aliphatic rings. The molecule has 134 valence electrons. The fourth-order valence-electron chi connectivity index (χ4n) is 2.48. The predicted molar refractivity (Wildman–Crippen MR) is 110 cm³/mol. The van der Waals surface area contributed by atoms with Gasteiger partial charge in [-0.05, 0) is 47.7 Å². The van der Waals surface area contributed by atoms with Gasteiger partial charge in [0, 0.05) is 0 Å². The summed E-state index contributed by atoms with van der Waals surface area (Å²) in [7, 11) is 0. The lowest BCUT2D eigenvalue weighted by molar-refractivity contribution is -0.115. The quantitative estimate of drug-likeness (QED) is 0.614. The van der Waals surface area contributed by atoms with Gasteiger partial charge in [-0.3, -0.25) is 9.59 Å². The summed E-state index contributed by atoms with van der Waals surface area (Å²) in [4.78, 5) is 35.2. The predicted octanol–water partition coefficient (Wildman–Crippen LogP) is 4.12. The molecule has 0 atom stereocenters. The smallest absolute Gasteiger partial charge is 0.266 e. The molecular formula is C18H10Cl2N4O2S. The SMILES string of the molecule is O=C1NC(=Nc2c(Cl)cccc2Cl)SC1=Cc1ccc2ncc(=O)[nH]c2c1. The molecule has 0 saturated carbocycles. The van der Waals surface area contributed by atoms with Crippen molar-refractivity contribution in [3.63, 3.8) is 0 Å². The molecule has 3 aromatic rings. The highest BCUT2D eigenvalue weighted by molar-refractivity contribution is 8.18. The van der Waals surface area contributed by atoms with E-state index in [9.17, 15) is 9.59 Å². The zero-order valence-electron chi connectivity index (χ0n) is 13.5. The van der Waals surface area contributed by atoms with Crippen LogP contribution in [0.15, 0.2) is 57.3 Å². The van der Waals surface area contributed by atoms with Gasteiger partial charge in [0.25, 0.3) is 11.5 Å². The zero-order chi connectivity index (χ0) is 19.0. The minimum atomic E-state index is -0.286. The number of nitrogens with zero attached hydrogens (tertiary/aromatic N) is 2. The molecule has 0 radical (unpaired) electrons. The molecule has 0 spiro atoms. The first-order valence-electron chi connectivity index (χ1n) is 7.72. The number of rotatable bonds is 2. The van der Waals surface area contributed by atoms with Crippen molar-refractivity contribution < 1.29 is 4.79 Å². The molecular weight excluding hydrogens is 407 g/mol. The average molecular weight is 417 g/mol. The molecule has 1 amide bonds. The number of carbonyl (C=O) groups excluding carboxylic acids is 1. The topological polar surface area (TPSA) is 87.2 Å². The molecule has 2 N–H and O–H groups in total. The Morgan fingerprint density at radius 1 is 1.11 bits per heavy atom. The van der Waals surface area contributed by atoms with E-state index in [0.717, 1.165) is 5.56 Å². The van der Waals surface area contributed by atoms with Crippen LogP contribution in [-0.4, -0.2) is 21.0 Å². The standard InChI is InChI=1S/C18H10Cl2N4O2S/c19-10-2-1-3-11(20)16(10)23-18-24-17(26)14(27-18)7-9-4-5-12-13(6-9)22-15(25)8-21-12/h1-8H,(H,22,25)(H,23,24,26). The molecule has 0 bridgehead atoms. The van der Waals surface area contributed by atoms with Crippen molar-refractivity contribution in [1.29, 1.82) is 0 Å². The fourth-order valence-corrected chi connectivity index (χ4v) is 3.79. The van der Waals surface area contributed by atoms with Gasteiger partial charge in [0.15, 0.2) is 5.17 Å². The number of benzene rings is 2. The average Bonchev–Trinajstić information content (AvgIpc) is 2.97. The van der Waals surface area contributed by atoms with E-state index in [-0.39, 0.29) is 11.5 Å². The molecule has 6 nitrogen and oxygen atoms in total. The Bertz CT molecular complexity index is 1180. The minimum absolute atomic E-state index is 0.276. The third-order valence-electron chi connectivity index (χ3n) is 3.70. The Labute approximate surface area is 167 Å². The molecule has 2 aromatic carbocycles. The monoisotopic (exact) mass is 416 g/mol. The van der Waals surface area contributed by atoms with Crippen LogP contribution in [0, 0.1) is 0 Å². The maximum absolute atomic E-state index is 12.2. The number of H-pyrrole nitrogens is 1. The van der Waals surface area contributed by atoms with Crippen molar-refractivity contribution in [3.8, 4) is 0 Å². The van der Waals surface area contributed by atoms with Crippen LogP contribution >= 0.6 is 35.0 Å². The van der Waals surface area contributed by atoms with Gasteiger partial charge >= 0.3 is 0 Å². The number of aromatic nitrogens is 2. The number of halogens is 2. The molecule has 1 saturated heterocycles. The molecule has 1 fully saturated rings. The zero-order valence-corrected chi connectivity index (χ0v) is 15.8. The second-order valence-electron chi connectivity index (χ2n) is 5.58. The van der Waals surface area contributed by atoms with Crippen LogP contribution in [0.3, 0.4) is 0 Å². The first-order valence-corrected chi connectivity index (χ1v) is 9.29. The van der Waals surface area contributed by atoms with Gasteiger partial charge in [0.1, 0.15) is 5.69 Å². The van der Waals surface area contributed by atoms with Gasteiger partial charge in [0.2, 0.25) is 0 Å². The molecule has 2 heterocycles. The number of aromatic amines is 1. The number of hydrogen-bond donors (Lipinski definition) is 2. The maximum Gasteiger partial charge on any atom is 0.266 e. The van der Waals surface area contributed by atoms with E-state index < -0.39 is 0 Å². The van der Waals surface area contributed by atoms with Crippen LogP contribution in [0.1, 0.15) is 5.56 Å². The maximum atomic E-state index is 12.2. The molecule has 9 heteroatoms. The van der Waals surface area contributed by atoms with Crippen molar-refractivity contribution >= 4 is 68.8 Å². The minimum Gasteiger partial charge on any atom is -0.319 e. The molecule has 4 rings (SSSR count). The largest absolute Gasteiger partial charge is 0.319 e. The number of fused-ring (bicyclic) bond motifs is 1. The van der Waals surface area contributed by atoms with Gasteiger partial charge in [-0.25, -0.2) is 9.98 Å². The summed E-state index contributed by atoms with van der Waals surface area (Å²) in [5.41, 5.74) is 2.12. The van der Waals surface area contributed by atoms with Gasteiger partial charge in [-0.2, -0.15) is 0 Å². The highest BCUT2D eigenvalue weighted by Gasteiger charge is 2.24. The van der Waals surface area contributed by atoms with Crippen molar-refractivity contribution in [1.82, 2.24) is 15.3 Å². The summed E-state index contributed by atoms with van der Waals surface area (Å²) >= 11 is 13.4. The Kier molecular flexibility index (Phi) is 4.73. The summed E-state index contributed by atoms with van der Waals surface area (Å²) in [6, 6.07) is 10.4. The van der Waals surface area contributed by atoms with E-state index in [1.54, 1.807) is 36.4 Å². The van der Waals surface area contributed by atoms with Crippen LogP contribution in [0.4, 0.5) is 5.69 Å². The number of amides is 1. The van der Waals surface area contributed by atoms with E-state index >= 15 is 0 Å². The summed E-state index contributed by atoms with van der Waals surface area (Å²) in [5.74, 6) is -0.276. The van der Waals surface area contributed by atoms with Crippen LogP contribution in [0.25, 0.3) is 17.1 Å². The second kappa shape index (κ2) is 7.19. The number of para-hydroxylation sites is 1. The first-order chi connectivity index (χ1) is 13.0. The summed E-state index contributed by atoms with van der Waals surface area (Å²) in [5, 5.41) is 3.87. The van der Waals surface area contributed by atoms with E-state index in [0.29, 0.717) is 36.8 Å². The summed E-state index contributed by atoms with van der Waals surface area (Å²) in [6.45, 7) is 0. The van der Waals surface area contributed by atoms with Gasteiger partial charge in [-0.15, -0.1) is 0 Å². The Balaban J connectivity index is 1.66. The third kappa shape index (κ3) is 3.75. The van der Waals surface area contributed by atoms with Gasteiger partial charge in [-0.1, -0.05) is 35.3 Å². The van der Waals surface area contributed by atoms with Crippen molar-refractivity contribution in [2.24, 2.45) is 4.99 Å². The second-order valence-corrected chi connectivity index (χ2v) is 7.42. The van der Waals surface area contributed by atoms with Crippen molar-refractivity contribution in [3.05, 3.63) is 73.5 Å². The lowest BCUT2D eigenvalue weighted by Gasteiger charge is -2.01. The number of aliphatic imine (C=N–C) groups is 1. The van der Waals surface area contributed by atoms with Gasteiger partial charge < -0.3 is 10.3 Å². The lowest BCUT2D eigenvalue weighted by Crippen LogP contribution is -2.19. The Morgan fingerprint density at radius 3 is 2.67 bits per heavy atom. The number of nitrogens with one attached hydrogen (secondary N) is 2. The highest BCUT2D eigenvalue weighted by Crippen LogP contribution is 2.35. The fraction of sp³-hybridized carbons (Fsp3) is 0. The van der Waals surface area contributed by atoms with E-state index in [2.05, 4.69) is 20.3 Å². The van der Waals surface area contributed by atoms with Crippen molar-refractivity contribution in [2.45, 2.75) is 0 Å². The number of thioether (sulfide) groups is 1. The van der Waals surface area contributed by atoms with Crippen LogP contribution in [0.2, 0.25) is 10.0 Å². The van der Waals surface area contributed by atoms with E-state index in [1.807, 2.05) is 6.07 Å². The number of amidine groups is 1. The number of carbonyl (C=O) groups is 1. The lowest BCUT2D eigenvalue weighted by atomic mass is 10.2. The normalized spacial score (nSPS) is 17.0. The highest BCUT2D eigenvalue weighted by atomic mass is 35.5. The molecule has 1 aliphatic heterocycles. The Hall–Kier alpha value is -2.61. The van der Waals surface area contributed by atoms with Crippen molar-refractivity contribution in [2.75, 3.05) is 0 Å². The van der Waals surface area contributed by atoms with Gasteiger partial charge in [0.05, 0.1) is 32.2 Å². The molecule has 1 aromatic heterocycles. The molecule has 0 unspecified atom stereocenters.